The molecule has 1 unspecified atom stereocenters. The third-order valence-electron chi connectivity index (χ3n) is 3.19. The Balaban J connectivity index is 2.45. The molecule has 3 heteroatoms. The summed E-state index contributed by atoms with van der Waals surface area (Å²) in [6.45, 7) is 1.97. The average Bonchev–Trinajstić information content (AvgIpc) is 2.28. The first-order chi connectivity index (χ1) is 7.67. The van der Waals surface area contributed by atoms with Crippen LogP contribution in [-0.2, 0) is 4.79 Å². The standard InChI is InChI=1S/C13H16O3/c1-8-6-13(16-3)10(7-12(8)15-2)9-4-5-11(9)14/h6-7,9H,4-5H2,1-3H3. The van der Waals surface area contributed by atoms with Crippen molar-refractivity contribution in [1.82, 2.24) is 0 Å². The van der Waals surface area contributed by atoms with Crippen LogP contribution >= 0.6 is 0 Å². The van der Waals surface area contributed by atoms with Gasteiger partial charge in [-0.1, -0.05) is 0 Å². The summed E-state index contributed by atoms with van der Waals surface area (Å²) in [5, 5.41) is 0. The maximum atomic E-state index is 11.5. The number of ether oxygens (including phenoxy) is 2. The SMILES string of the molecule is COc1cc(C2CCC2=O)c(OC)cc1C. The van der Waals surface area contributed by atoms with Crippen LogP contribution < -0.4 is 9.47 Å². The summed E-state index contributed by atoms with van der Waals surface area (Å²) in [4.78, 5) is 11.5. The number of hydrogen-bond donors (Lipinski definition) is 0. The Bertz CT molecular complexity index is 423. The van der Waals surface area contributed by atoms with E-state index in [2.05, 4.69) is 0 Å². The zero-order chi connectivity index (χ0) is 11.7. The van der Waals surface area contributed by atoms with Gasteiger partial charge < -0.3 is 9.47 Å². The maximum Gasteiger partial charge on any atom is 0.140 e. The molecule has 0 saturated heterocycles. The van der Waals surface area contributed by atoms with Crippen molar-refractivity contribution in [2.45, 2.75) is 25.7 Å². The Morgan fingerprint density at radius 3 is 2.31 bits per heavy atom. The maximum absolute atomic E-state index is 11.5. The van der Waals surface area contributed by atoms with Crippen LogP contribution in [0.1, 0.15) is 29.9 Å². The van der Waals surface area contributed by atoms with Crippen LogP contribution in [0.2, 0.25) is 0 Å². The van der Waals surface area contributed by atoms with Gasteiger partial charge in [0.25, 0.3) is 0 Å². The Labute approximate surface area is 95.4 Å². The molecule has 1 saturated carbocycles. The van der Waals surface area contributed by atoms with E-state index >= 15 is 0 Å². The van der Waals surface area contributed by atoms with Crippen LogP contribution in [0.15, 0.2) is 12.1 Å². The normalized spacial score (nSPS) is 19.2. The van der Waals surface area contributed by atoms with Crippen molar-refractivity contribution in [2.75, 3.05) is 14.2 Å². The number of Topliss-reactive ketones (excluding diaryl/α,β-unsaturated/α-hetero) is 1. The van der Waals surface area contributed by atoms with Crippen molar-refractivity contribution in [2.24, 2.45) is 0 Å². The number of methoxy groups -OCH3 is 2. The van der Waals surface area contributed by atoms with Crippen molar-refractivity contribution in [1.29, 1.82) is 0 Å². The summed E-state index contributed by atoms with van der Waals surface area (Å²) in [7, 11) is 3.27. The van der Waals surface area contributed by atoms with E-state index in [0.717, 1.165) is 29.0 Å². The minimum Gasteiger partial charge on any atom is -0.496 e. The second-order valence-electron chi connectivity index (χ2n) is 4.12. The fourth-order valence-electron chi connectivity index (χ4n) is 2.08. The van der Waals surface area contributed by atoms with Gasteiger partial charge in [0, 0.05) is 17.9 Å². The zero-order valence-corrected chi connectivity index (χ0v) is 9.87. The lowest BCUT2D eigenvalue weighted by molar-refractivity contribution is -0.125. The molecule has 1 aliphatic rings. The first-order valence-electron chi connectivity index (χ1n) is 5.42. The Kier molecular flexibility index (Phi) is 2.86. The highest BCUT2D eigenvalue weighted by molar-refractivity contribution is 5.92. The van der Waals surface area contributed by atoms with Gasteiger partial charge in [-0.2, -0.15) is 0 Å². The molecule has 0 aliphatic heterocycles. The van der Waals surface area contributed by atoms with Crippen molar-refractivity contribution < 1.29 is 14.3 Å². The quantitative estimate of drug-likeness (QED) is 0.785. The topological polar surface area (TPSA) is 35.5 Å². The molecule has 1 aromatic rings. The van der Waals surface area contributed by atoms with Crippen molar-refractivity contribution in [3.63, 3.8) is 0 Å². The number of carbonyl (C=O) groups excluding carboxylic acids is 1. The largest absolute Gasteiger partial charge is 0.496 e. The van der Waals surface area contributed by atoms with Crippen LogP contribution in [0.5, 0.6) is 11.5 Å². The molecule has 0 amide bonds. The average molecular weight is 220 g/mol. The molecule has 0 aromatic heterocycles. The molecule has 0 radical (unpaired) electrons. The van der Waals surface area contributed by atoms with E-state index in [1.165, 1.54) is 0 Å². The fraction of sp³-hybridized carbons (Fsp3) is 0.462. The predicted molar refractivity (Wildman–Crippen MR) is 61.3 cm³/mol. The lowest BCUT2D eigenvalue weighted by atomic mass is 9.78. The van der Waals surface area contributed by atoms with E-state index in [1.807, 2.05) is 19.1 Å². The number of rotatable bonds is 3. The molecule has 86 valence electrons. The van der Waals surface area contributed by atoms with E-state index in [-0.39, 0.29) is 5.92 Å². The van der Waals surface area contributed by atoms with Crippen LogP contribution in [0.25, 0.3) is 0 Å². The lowest BCUT2D eigenvalue weighted by Gasteiger charge is -2.26. The number of benzene rings is 1. The summed E-state index contributed by atoms with van der Waals surface area (Å²) in [5.41, 5.74) is 1.98. The third kappa shape index (κ3) is 1.66. The van der Waals surface area contributed by atoms with E-state index in [4.69, 9.17) is 9.47 Å². The van der Waals surface area contributed by atoms with Crippen LogP contribution in [0.3, 0.4) is 0 Å². The highest BCUT2D eigenvalue weighted by Gasteiger charge is 2.32. The molecule has 1 fully saturated rings. The summed E-state index contributed by atoms with van der Waals surface area (Å²) in [6.07, 6.45) is 1.60. The lowest BCUT2D eigenvalue weighted by Crippen LogP contribution is -2.23. The molecule has 16 heavy (non-hydrogen) atoms. The first-order valence-corrected chi connectivity index (χ1v) is 5.42. The highest BCUT2D eigenvalue weighted by atomic mass is 16.5. The van der Waals surface area contributed by atoms with Gasteiger partial charge in [-0.25, -0.2) is 0 Å². The Morgan fingerprint density at radius 2 is 1.88 bits per heavy atom. The molecule has 1 aliphatic carbocycles. The summed E-state index contributed by atoms with van der Waals surface area (Å²) in [6, 6.07) is 3.86. The minimum absolute atomic E-state index is 0.00412. The van der Waals surface area contributed by atoms with Crippen molar-refractivity contribution in [3.05, 3.63) is 23.3 Å². The van der Waals surface area contributed by atoms with E-state index in [9.17, 15) is 4.79 Å². The number of hydrogen-bond acceptors (Lipinski definition) is 3. The molecular formula is C13H16O3. The fourth-order valence-corrected chi connectivity index (χ4v) is 2.08. The molecule has 1 aromatic carbocycles. The Hall–Kier alpha value is -1.51. The van der Waals surface area contributed by atoms with Crippen molar-refractivity contribution >= 4 is 5.78 Å². The second-order valence-corrected chi connectivity index (χ2v) is 4.12. The molecule has 3 nitrogen and oxygen atoms in total. The number of aryl methyl sites for hydroxylation is 1. The zero-order valence-electron chi connectivity index (χ0n) is 9.87. The highest BCUT2D eigenvalue weighted by Crippen LogP contribution is 2.40. The van der Waals surface area contributed by atoms with Crippen LogP contribution in [0.4, 0.5) is 0 Å². The van der Waals surface area contributed by atoms with Gasteiger partial charge in [-0.15, -0.1) is 0 Å². The van der Waals surface area contributed by atoms with E-state index < -0.39 is 0 Å². The van der Waals surface area contributed by atoms with Gasteiger partial charge in [0.15, 0.2) is 0 Å². The van der Waals surface area contributed by atoms with Crippen molar-refractivity contribution in [3.8, 4) is 11.5 Å². The van der Waals surface area contributed by atoms with Gasteiger partial charge >= 0.3 is 0 Å². The molecule has 2 rings (SSSR count). The molecule has 0 spiro atoms. The molecule has 1 atom stereocenters. The molecule has 0 N–H and O–H groups in total. The predicted octanol–water partition coefficient (Wildman–Crippen LogP) is 2.46. The second kappa shape index (κ2) is 4.16. The minimum atomic E-state index is 0.00412. The summed E-state index contributed by atoms with van der Waals surface area (Å²) >= 11 is 0. The first kappa shape index (κ1) is 11.0. The molecule has 0 heterocycles. The molecular weight excluding hydrogens is 204 g/mol. The van der Waals surface area contributed by atoms with Crippen LogP contribution in [-0.4, -0.2) is 20.0 Å². The van der Waals surface area contributed by atoms with Gasteiger partial charge in [0.1, 0.15) is 17.3 Å². The smallest absolute Gasteiger partial charge is 0.140 e. The Morgan fingerprint density at radius 1 is 1.19 bits per heavy atom. The summed E-state index contributed by atoms with van der Waals surface area (Å²) < 4.78 is 10.6. The number of carbonyl (C=O) groups is 1. The van der Waals surface area contributed by atoms with E-state index in [1.54, 1.807) is 14.2 Å². The summed E-state index contributed by atoms with van der Waals surface area (Å²) in [5.74, 6) is 1.90. The van der Waals surface area contributed by atoms with Gasteiger partial charge in [-0.3, -0.25) is 4.79 Å². The van der Waals surface area contributed by atoms with Gasteiger partial charge in [0.2, 0.25) is 0 Å². The van der Waals surface area contributed by atoms with Gasteiger partial charge in [0.05, 0.1) is 14.2 Å². The number of ketones is 1. The van der Waals surface area contributed by atoms with Crippen LogP contribution in [0, 0.1) is 6.92 Å². The van der Waals surface area contributed by atoms with E-state index in [0.29, 0.717) is 12.2 Å². The monoisotopic (exact) mass is 220 g/mol. The third-order valence-corrected chi connectivity index (χ3v) is 3.19. The molecule has 0 bridgehead atoms. The van der Waals surface area contributed by atoms with Gasteiger partial charge in [-0.05, 0) is 31.0 Å².